The maximum atomic E-state index is 10.6. The summed E-state index contributed by atoms with van der Waals surface area (Å²) in [5.74, 6) is 1.44. The highest BCUT2D eigenvalue weighted by Crippen LogP contribution is 2.20. The van der Waals surface area contributed by atoms with Crippen LogP contribution in [0.3, 0.4) is 0 Å². The van der Waals surface area contributed by atoms with Crippen molar-refractivity contribution in [3.8, 4) is 22.9 Å². The maximum absolute atomic E-state index is 10.6. The van der Waals surface area contributed by atoms with E-state index in [0.29, 0.717) is 23.9 Å². The molecule has 3 rings (SSSR count). The Hall–Kier alpha value is -3.35. The first-order chi connectivity index (χ1) is 12.6. The molecule has 7 nitrogen and oxygen atoms in total. The molecule has 26 heavy (non-hydrogen) atoms. The molecule has 0 spiro atoms. The molecule has 0 unspecified atom stereocenters. The number of nitrogens with zero attached hydrogens (tertiary/aromatic N) is 2. The molecule has 0 atom stereocenters. The van der Waals surface area contributed by atoms with Gasteiger partial charge < -0.3 is 19.1 Å². The standard InChI is InChI=1S/C19H18N2O5/c1-24-15-9-5-14(6-10-15)19-20-17(26-21-19)12-25-16-7-2-13(3-8-16)4-11-18(22)23/h2-3,5-10H,4,11-12H2,1H3,(H,22,23). The first-order valence-corrected chi connectivity index (χ1v) is 8.04. The summed E-state index contributed by atoms with van der Waals surface area (Å²) in [6.45, 7) is 0.150. The third-order valence-electron chi connectivity index (χ3n) is 3.73. The third-order valence-corrected chi connectivity index (χ3v) is 3.73. The summed E-state index contributed by atoms with van der Waals surface area (Å²) in [4.78, 5) is 14.9. The van der Waals surface area contributed by atoms with Crippen LogP contribution in [-0.4, -0.2) is 28.3 Å². The number of carboxylic acids is 1. The fourth-order valence-corrected chi connectivity index (χ4v) is 2.32. The number of ether oxygens (including phenoxy) is 2. The van der Waals surface area contributed by atoms with Crippen LogP contribution in [0, 0.1) is 0 Å². The van der Waals surface area contributed by atoms with E-state index in [9.17, 15) is 4.79 Å². The van der Waals surface area contributed by atoms with E-state index in [2.05, 4.69) is 10.1 Å². The van der Waals surface area contributed by atoms with Gasteiger partial charge in [-0.25, -0.2) is 0 Å². The molecule has 0 bridgehead atoms. The van der Waals surface area contributed by atoms with Gasteiger partial charge >= 0.3 is 5.97 Å². The SMILES string of the molecule is COc1ccc(-c2noc(COc3ccc(CCC(=O)O)cc3)n2)cc1. The van der Waals surface area contributed by atoms with E-state index in [4.69, 9.17) is 19.1 Å². The number of aromatic nitrogens is 2. The molecule has 134 valence electrons. The third kappa shape index (κ3) is 4.60. The van der Waals surface area contributed by atoms with Crippen LogP contribution in [0.2, 0.25) is 0 Å². The van der Waals surface area contributed by atoms with E-state index >= 15 is 0 Å². The molecule has 0 aliphatic carbocycles. The largest absolute Gasteiger partial charge is 0.497 e. The van der Waals surface area contributed by atoms with E-state index < -0.39 is 5.97 Å². The van der Waals surface area contributed by atoms with Crippen LogP contribution in [0.4, 0.5) is 0 Å². The summed E-state index contributed by atoms with van der Waals surface area (Å²) >= 11 is 0. The minimum atomic E-state index is -0.811. The number of hydrogen-bond donors (Lipinski definition) is 1. The second kappa shape index (κ2) is 8.15. The summed E-state index contributed by atoms with van der Waals surface area (Å²) < 4.78 is 15.9. The molecule has 0 aliphatic heterocycles. The molecule has 0 fully saturated rings. The predicted octanol–water partition coefficient (Wildman–Crippen LogP) is 3.34. The van der Waals surface area contributed by atoms with Gasteiger partial charge in [-0.15, -0.1) is 0 Å². The van der Waals surface area contributed by atoms with Gasteiger partial charge in [0.1, 0.15) is 11.5 Å². The summed E-state index contributed by atoms with van der Waals surface area (Å²) in [6, 6.07) is 14.6. The first kappa shape index (κ1) is 17.5. The van der Waals surface area contributed by atoms with Gasteiger partial charge in [0.25, 0.3) is 5.89 Å². The smallest absolute Gasteiger partial charge is 0.303 e. The second-order valence-corrected chi connectivity index (χ2v) is 5.57. The van der Waals surface area contributed by atoms with Crippen LogP contribution in [0.15, 0.2) is 53.1 Å². The van der Waals surface area contributed by atoms with Gasteiger partial charge in [-0.1, -0.05) is 17.3 Å². The van der Waals surface area contributed by atoms with Crippen molar-refractivity contribution >= 4 is 5.97 Å². The van der Waals surface area contributed by atoms with Crippen LogP contribution in [-0.2, 0) is 17.8 Å². The number of benzene rings is 2. The molecule has 0 amide bonds. The minimum absolute atomic E-state index is 0.107. The average molecular weight is 354 g/mol. The fraction of sp³-hybridized carbons (Fsp3) is 0.211. The van der Waals surface area contributed by atoms with E-state index in [1.807, 2.05) is 36.4 Å². The Balaban J connectivity index is 1.56. The average Bonchev–Trinajstić information content (AvgIpc) is 3.14. The van der Waals surface area contributed by atoms with Gasteiger partial charge in [-0.2, -0.15) is 4.98 Å². The van der Waals surface area contributed by atoms with E-state index in [1.54, 1.807) is 19.2 Å². The van der Waals surface area contributed by atoms with Gasteiger partial charge in [-0.3, -0.25) is 4.79 Å². The molecule has 3 aromatic rings. The molecule has 1 N–H and O–H groups in total. The molecule has 1 aromatic heterocycles. The molecule has 0 saturated carbocycles. The van der Waals surface area contributed by atoms with Gasteiger partial charge in [0.05, 0.1) is 7.11 Å². The first-order valence-electron chi connectivity index (χ1n) is 8.04. The Morgan fingerprint density at radius 1 is 1.08 bits per heavy atom. The topological polar surface area (TPSA) is 94.7 Å². The lowest BCUT2D eigenvalue weighted by Crippen LogP contribution is -1.98. The van der Waals surface area contributed by atoms with E-state index in [0.717, 1.165) is 16.9 Å². The van der Waals surface area contributed by atoms with Crippen molar-refractivity contribution in [1.82, 2.24) is 10.1 Å². The van der Waals surface area contributed by atoms with Gasteiger partial charge in [0.15, 0.2) is 6.61 Å². The van der Waals surface area contributed by atoms with Crippen LogP contribution >= 0.6 is 0 Å². The zero-order valence-corrected chi connectivity index (χ0v) is 14.2. The molecule has 1 heterocycles. The van der Waals surface area contributed by atoms with Crippen molar-refractivity contribution in [1.29, 1.82) is 0 Å². The van der Waals surface area contributed by atoms with E-state index in [-0.39, 0.29) is 13.0 Å². The van der Waals surface area contributed by atoms with Gasteiger partial charge in [0, 0.05) is 12.0 Å². The molecule has 7 heteroatoms. The van der Waals surface area contributed by atoms with Crippen molar-refractivity contribution < 1.29 is 23.9 Å². The summed E-state index contributed by atoms with van der Waals surface area (Å²) in [5.41, 5.74) is 1.77. The molecular formula is C19H18N2O5. The Morgan fingerprint density at radius 2 is 1.77 bits per heavy atom. The zero-order chi connectivity index (χ0) is 18.4. The molecular weight excluding hydrogens is 336 g/mol. The Kier molecular flexibility index (Phi) is 5.48. The number of carbonyl (C=O) groups is 1. The molecule has 0 radical (unpaired) electrons. The van der Waals surface area contributed by atoms with E-state index in [1.165, 1.54) is 0 Å². The highest BCUT2D eigenvalue weighted by molar-refractivity contribution is 5.67. The van der Waals surface area contributed by atoms with Crippen molar-refractivity contribution in [2.24, 2.45) is 0 Å². The van der Waals surface area contributed by atoms with Crippen LogP contribution in [0.25, 0.3) is 11.4 Å². The zero-order valence-electron chi connectivity index (χ0n) is 14.2. The lowest BCUT2D eigenvalue weighted by Gasteiger charge is -2.04. The minimum Gasteiger partial charge on any atom is -0.497 e. The van der Waals surface area contributed by atoms with Crippen molar-refractivity contribution in [2.75, 3.05) is 7.11 Å². The number of rotatable bonds is 8. The lowest BCUT2D eigenvalue weighted by molar-refractivity contribution is -0.136. The number of hydrogen-bond acceptors (Lipinski definition) is 6. The summed E-state index contributed by atoms with van der Waals surface area (Å²) in [5, 5.41) is 12.6. The number of aryl methyl sites for hydroxylation is 1. The predicted molar refractivity (Wildman–Crippen MR) is 93.0 cm³/mol. The van der Waals surface area contributed by atoms with Crippen molar-refractivity contribution in [3.63, 3.8) is 0 Å². The normalized spacial score (nSPS) is 10.5. The number of aliphatic carboxylic acids is 1. The second-order valence-electron chi connectivity index (χ2n) is 5.57. The summed E-state index contributed by atoms with van der Waals surface area (Å²) in [7, 11) is 1.61. The number of methoxy groups -OCH3 is 1. The van der Waals surface area contributed by atoms with Gasteiger partial charge in [0.2, 0.25) is 5.82 Å². The van der Waals surface area contributed by atoms with Crippen LogP contribution in [0.5, 0.6) is 11.5 Å². The Morgan fingerprint density at radius 3 is 2.42 bits per heavy atom. The van der Waals surface area contributed by atoms with Crippen molar-refractivity contribution in [3.05, 3.63) is 60.0 Å². The monoisotopic (exact) mass is 354 g/mol. The maximum Gasteiger partial charge on any atom is 0.303 e. The van der Waals surface area contributed by atoms with Crippen molar-refractivity contribution in [2.45, 2.75) is 19.4 Å². The summed E-state index contributed by atoms with van der Waals surface area (Å²) in [6.07, 6.45) is 0.598. The van der Waals surface area contributed by atoms with Crippen LogP contribution < -0.4 is 9.47 Å². The quantitative estimate of drug-likeness (QED) is 0.663. The van der Waals surface area contributed by atoms with Crippen LogP contribution in [0.1, 0.15) is 17.9 Å². The number of carboxylic acid groups (broad SMARTS) is 1. The highest BCUT2D eigenvalue weighted by atomic mass is 16.5. The molecule has 0 aliphatic rings. The highest BCUT2D eigenvalue weighted by Gasteiger charge is 2.09. The lowest BCUT2D eigenvalue weighted by atomic mass is 10.1. The van der Waals surface area contributed by atoms with Gasteiger partial charge in [-0.05, 0) is 48.4 Å². The Labute approximate surface area is 150 Å². The molecule has 0 saturated heterocycles. The molecule has 2 aromatic carbocycles. The Bertz CT molecular complexity index is 856. The fourth-order valence-electron chi connectivity index (χ4n) is 2.32.